The number of methoxy groups -OCH3 is 1. The number of carbonyl (C=O) groups is 1. The number of benzene rings is 2. The normalized spacial score (nSPS) is 18.5. The molecular weight excluding hydrogens is 392 g/mol. The molecule has 3 aromatic rings. The molecule has 2 heterocycles. The van der Waals surface area contributed by atoms with E-state index in [0.717, 1.165) is 46.7 Å². The highest BCUT2D eigenvalue weighted by molar-refractivity contribution is 5.95. The van der Waals surface area contributed by atoms with Crippen LogP contribution in [0.4, 0.5) is 5.69 Å². The quantitative estimate of drug-likeness (QED) is 0.651. The molecule has 7 heteroatoms. The summed E-state index contributed by atoms with van der Waals surface area (Å²) < 4.78 is 13.5. The van der Waals surface area contributed by atoms with E-state index in [1.807, 2.05) is 24.3 Å². The molecule has 0 radical (unpaired) electrons. The van der Waals surface area contributed by atoms with E-state index in [0.29, 0.717) is 13.0 Å². The van der Waals surface area contributed by atoms with E-state index in [1.165, 1.54) is 19.2 Å². The molecule has 1 saturated carbocycles. The van der Waals surface area contributed by atoms with Crippen LogP contribution in [-0.4, -0.2) is 33.9 Å². The Morgan fingerprint density at radius 2 is 2.03 bits per heavy atom. The Morgan fingerprint density at radius 1 is 1.16 bits per heavy atom. The fourth-order valence-electron chi connectivity index (χ4n) is 4.64. The third-order valence-corrected chi connectivity index (χ3v) is 6.17. The number of hydrogen-bond acceptors (Lipinski definition) is 5. The molecule has 2 aromatic carbocycles. The number of nitrogens with zero attached hydrogens (tertiary/aromatic N) is 3. The van der Waals surface area contributed by atoms with E-state index < -0.39 is 0 Å². The van der Waals surface area contributed by atoms with Crippen molar-refractivity contribution < 1.29 is 14.3 Å². The van der Waals surface area contributed by atoms with E-state index >= 15 is 0 Å². The van der Waals surface area contributed by atoms with Gasteiger partial charge in [-0.1, -0.05) is 12.1 Å². The number of nitrogens with one attached hydrogen (secondary N) is 1. The fourth-order valence-corrected chi connectivity index (χ4v) is 4.64. The molecule has 1 fully saturated rings. The fraction of sp³-hybridized carbons (Fsp3) is 0.375. The van der Waals surface area contributed by atoms with Gasteiger partial charge in [0, 0.05) is 29.7 Å². The second-order valence-corrected chi connectivity index (χ2v) is 8.24. The Balaban J connectivity index is 1.46. The van der Waals surface area contributed by atoms with Gasteiger partial charge in [0.15, 0.2) is 0 Å². The highest BCUT2D eigenvalue weighted by Gasteiger charge is 2.28. The molecule has 1 amide bonds. The smallest absolute Gasteiger partial charge is 0.225 e. The van der Waals surface area contributed by atoms with Crippen molar-refractivity contribution in [2.75, 3.05) is 12.4 Å². The van der Waals surface area contributed by atoms with Crippen molar-refractivity contribution in [2.24, 2.45) is 0 Å². The summed E-state index contributed by atoms with van der Waals surface area (Å²) >= 11 is 0. The summed E-state index contributed by atoms with van der Waals surface area (Å²) in [4.78, 5) is 16.5. The van der Waals surface area contributed by atoms with Crippen LogP contribution >= 0.6 is 0 Å². The van der Waals surface area contributed by atoms with Gasteiger partial charge in [-0.05, 0) is 55.0 Å². The van der Waals surface area contributed by atoms with Crippen LogP contribution in [0, 0.1) is 0 Å². The van der Waals surface area contributed by atoms with Crippen molar-refractivity contribution in [3.63, 3.8) is 0 Å². The standard InChI is InChI=1S/C24H26N4O3/c1-30-23-9-6-16(10-17(23)13-28-15-25-14-26-28)21-12-24(29)27-22-11-19(7-8-20(21)22)31-18-4-2-3-5-18/h6-11,14-15,18,21H,2-5,12-13H2,1H3,(H,27,29). The van der Waals surface area contributed by atoms with Gasteiger partial charge >= 0.3 is 0 Å². The first kappa shape index (κ1) is 19.6. The molecule has 1 N–H and O–H groups in total. The van der Waals surface area contributed by atoms with E-state index in [1.54, 1.807) is 18.1 Å². The summed E-state index contributed by atoms with van der Waals surface area (Å²) in [5.41, 5.74) is 4.02. The van der Waals surface area contributed by atoms with E-state index in [2.05, 4.69) is 27.5 Å². The zero-order chi connectivity index (χ0) is 21.2. The minimum Gasteiger partial charge on any atom is -0.496 e. The Labute approximate surface area is 181 Å². The number of hydrogen-bond donors (Lipinski definition) is 1. The summed E-state index contributed by atoms with van der Waals surface area (Å²) in [5, 5.41) is 7.23. The van der Waals surface area contributed by atoms with Crippen molar-refractivity contribution >= 4 is 11.6 Å². The molecule has 1 aromatic heterocycles. The third kappa shape index (κ3) is 4.13. The average Bonchev–Trinajstić information content (AvgIpc) is 3.47. The largest absolute Gasteiger partial charge is 0.496 e. The summed E-state index contributed by atoms with van der Waals surface area (Å²) in [6.07, 6.45) is 8.55. The van der Waals surface area contributed by atoms with Crippen molar-refractivity contribution in [1.29, 1.82) is 0 Å². The number of ether oxygens (including phenoxy) is 2. The number of aromatic nitrogens is 3. The first-order valence-electron chi connectivity index (χ1n) is 10.8. The average molecular weight is 418 g/mol. The predicted molar refractivity (Wildman–Crippen MR) is 117 cm³/mol. The molecule has 1 atom stereocenters. The Morgan fingerprint density at radius 3 is 2.81 bits per heavy atom. The molecule has 1 aliphatic carbocycles. The monoisotopic (exact) mass is 418 g/mol. The molecule has 0 bridgehead atoms. The lowest BCUT2D eigenvalue weighted by Gasteiger charge is -2.27. The van der Waals surface area contributed by atoms with Crippen LogP contribution in [-0.2, 0) is 11.3 Å². The Kier molecular flexibility index (Phi) is 5.32. The summed E-state index contributed by atoms with van der Waals surface area (Å²) in [6.45, 7) is 0.553. The van der Waals surface area contributed by atoms with Gasteiger partial charge in [0.2, 0.25) is 5.91 Å². The van der Waals surface area contributed by atoms with Gasteiger partial charge < -0.3 is 14.8 Å². The molecular formula is C24H26N4O3. The topological polar surface area (TPSA) is 78.3 Å². The van der Waals surface area contributed by atoms with Crippen LogP contribution in [0.3, 0.4) is 0 Å². The molecule has 1 unspecified atom stereocenters. The summed E-state index contributed by atoms with van der Waals surface area (Å²) in [6, 6.07) is 12.2. The van der Waals surface area contributed by atoms with Gasteiger partial charge in [-0.25, -0.2) is 9.67 Å². The van der Waals surface area contributed by atoms with Gasteiger partial charge in [0.05, 0.1) is 19.8 Å². The molecule has 7 nitrogen and oxygen atoms in total. The Bertz CT molecular complexity index is 1070. The number of fused-ring (bicyclic) bond motifs is 1. The first-order valence-corrected chi connectivity index (χ1v) is 10.8. The predicted octanol–water partition coefficient (Wildman–Crippen LogP) is 4.13. The van der Waals surface area contributed by atoms with Gasteiger partial charge in [-0.3, -0.25) is 4.79 Å². The van der Waals surface area contributed by atoms with Crippen LogP contribution in [0.1, 0.15) is 54.7 Å². The molecule has 160 valence electrons. The van der Waals surface area contributed by atoms with E-state index in [-0.39, 0.29) is 17.9 Å². The van der Waals surface area contributed by atoms with Crippen molar-refractivity contribution in [1.82, 2.24) is 14.8 Å². The first-order chi connectivity index (χ1) is 15.2. The van der Waals surface area contributed by atoms with Crippen LogP contribution in [0.2, 0.25) is 0 Å². The lowest BCUT2D eigenvalue weighted by Crippen LogP contribution is -2.24. The Hall–Kier alpha value is -3.35. The van der Waals surface area contributed by atoms with Gasteiger partial charge in [0.25, 0.3) is 0 Å². The van der Waals surface area contributed by atoms with Gasteiger partial charge in [-0.2, -0.15) is 5.10 Å². The third-order valence-electron chi connectivity index (χ3n) is 6.17. The lowest BCUT2D eigenvalue weighted by atomic mass is 9.84. The minimum atomic E-state index is -0.0234. The maximum absolute atomic E-state index is 12.5. The van der Waals surface area contributed by atoms with Crippen molar-refractivity contribution in [3.8, 4) is 11.5 Å². The van der Waals surface area contributed by atoms with E-state index in [4.69, 9.17) is 9.47 Å². The summed E-state index contributed by atoms with van der Waals surface area (Å²) in [7, 11) is 1.66. The second-order valence-electron chi connectivity index (χ2n) is 8.24. The van der Waals surface area contributed by atoms with Crippen LogP contribution in [0.5, 0.6) is 11.5 Å². The molecule has 5 rings (SSSR count). The highest BCUT2D eigenvalue weighted by atomic mass is 16.5. The van der Waals surface area contributed by atoms with Crippen LogP contribution < -0.4 is 14.8 Å². The molecule has 2 aliphatic rings. The molecule has 1 aliphatic heterocycles. The number of carbonyl (C=O) groups excluding carboxylic acids is 1. The maximum atomic E-state index is 12.5. The number of rotatable bonds is 6. The van der Waals surface area contributed by atoms with Gasteiger partial charge in [-0.15, -0.1) is 0 Å². The molecule has 0 saturated heterocycles. The second kappa shape index (κ2) is 8.41. The minimum absolute atomic E-state index is 0.0177. The van der Waals surface area contributed by atoms with Crippen LogP contribution in [0.15, 0.2) is 49.1 Å². The summed E-state index contributed by atoms with van der Waals surface area (Å²) in [5.74, 6) is 1.61. The SMILES string of the molecule is COc1ccc(C2CC(=O)Nc3cc(OC4CCCC4)ccc32)cc1Cn1cncn1. The lowest BCUT2D eigenvalue weighted by molar-refractivity contribution is -0.116. The van der Waals surface area contributed by atoms with Gasteiger partial charge in [0.1, 0.15) is 24.2 Å². The number of amides is 1. The van der Waals surface area contributed by atoms with E-state index in [9.17, 15) is 4.79 Å². The molecule has 31 heavy (non-hydrogen) atoms. The zero-order valence-electron chi connectivity index (χ0n) is 17.6. The van der Waals surface area contributed by atoms with Crippen molar-refractivity contribution in [3.05, 3.63) is 65.7 Å². The molecule has 0 spiro atoms. The van der Waals surface area contributed by atoms with Crippen LogP contribution in [0.25, 0.3) is 0 Å². The zero-order valence-corrected chi connectivity index (χ0v) is 17.6. The maximum Gasteiger partial charge on any atom is 0.225 e. The highest BCUT2D eigenvalue weighted by Crippen LogP contribution is 2.40. The van der Waals surface area contributed by atoms with Crippen molar-refractivity contribution in [2.45, 2.75) is 50.7 Å². The number of anilines is 1.